The lowest BCUT2D eigenvalue weighted by Gasteiger charge is -2.31. The summed E-state index contributed by atoms with van der Waals surface area (Å²) in [5.74, 6) is 2.81. The number of hydrogen-bond acceptors (Lipinski definition) is 5. The van der Waals surface area contributed by atoms with Crippen LogP contribution in [0.5, 0.6) is 5.75 Å². The van der Waals surface area contributed by atoms with Crippen LogP contribution in [0.1, 0.15) is 27.6 Å². The van der Waals surface area contributed by atoms with E-state index in [1.165, 1.54) is 11.1 Å². The average molecular weight is 491 g/mol. The molecule has 36 heavy (non-hydrogen) atoms. The van der Waals surface area contributed by atoms with Crippen molar-refractivity contribution in [3.8, 4) is 11.4 Å². The van der Waals surface area contributed by atoms with Crippen LogP contribution in [0.4, 0.5) is 11.5 Å². The third-order valence-electron chi connectivity index (χ3n) is 6.38. The summed E-state index contributed by atoms with van der Waals surface area (Å²) >= 11 is 1.69. The van der Waals surface area contributed by atoms with Crippen LogP contribution in [0.2, 0.25) is 0 Å². The van der Waals surface area contributed by atoms with Crippen LogP contribution in [0.15, 0.2) is 107 Å². The lowest BCUT2D eigenvalue weighted by molar-refractivity contribution is 0.414. The van der Waals surface area contributed by atoms with E-state index in [-0.39, 0.29) is 6.04 Å². The van der Waals surface area contributed by atoms with Gasteiger partial charge in [0.05, 0.1) is 17.7 Å². The highest BCUT2D eigenvalue weighted by atomic mass is 32.1. The van der Waals surface area contributed by atoms with Gasteiger partial charge in [-0.3, -0.25) is 14.5 Å². The molecule has 6 heteroatoms. The summed E-state index contributed by atoms with van der Waals surface area (Å²) in [5, 5.41) is 0. The standard InChI is InChI=1S/C30H26N4OS/c1-20-7-13-23(14-8-20)31-30-34(24-15-9-21(2)10-16-24)29-28(36-30)27(22-11-17-25(35-3)18-12-22)32-26-6-4-5-19-33(26)29/h4-19,27H,1-3H3. The van der Waals surface area contributed by atoms with E-state index in [1.807, 2.05) is 24.3 Å². The minimum absolute atomic E-state index is 0.142. The van der Waals surface area contributed by atoms with E-state index in [0.29, 0.717) is 0 Å². The van der Waals surface area contributed by atoms with E-state index >= 15 is 0 Å². The summed E-state index contributed by atoms with van der Waals surface area (Å²) in [4.78, 5) is 14.5. The molecule has 0 radical (unpaired) electrons. The van der Waals surface area contributed by atoms with Gasteiger partial charge in [0.25, 0.3) is 0 Å². The second-order valence-electron chi connectivity index (χ2n) is 8.92. The Morgan fingerprint density at radius 1 is 0.861 bits per heavy atom. The number of thiazole rings is 1. The SMILES string of the molecule is COc1ccc(C2N=C3C=CC=CN3c3c2sc(=Nc2ccc(C)cc2)n3-c2ccc(C)cc2)cc1. The van der Waals surface area contributed by atoms with Gasteiger partial charge in [-0.05, 0) is 68.0 Å². The van der Waals surface area contributed by atoms with Gasteiger partial charge in [-0.2, -0.15) is 0 Å². The number of ether oxygens (including phenoxy) is 1. The number of aliphatic imine (C=N–C) groups is 1. The highest BCUT2D eigenvalue weighted by molar-refractivity contribution is 7.10. The number of rotatable bonds is 4. The molecule has 3 aromatic carbocycles. The van der Waals surface area contributed by atoms with Crippen molar-refractivity contribution >= 4 is 28.7 Å². The highest BCUT2D eigenvalue weighted by Crippen LogP contribution is 2.42. The molecule has 178 valence electrons. The Bertz CT molecular complexity index is 1570. The summed E-state index contributed by atoms with van der Waals surface area (Å²) in [5.41, 5.74) is 5.55. The van der Waals surface area contributed by atoms with Gasteiger partial charge in [0.2, 0.25) is 0 Å². The molecular formula is C30H26N4OS. The number of aryl methyl sites for hydroxylation is 2. The van der Waals surface area contributed by atoms with Crippen LogP contribution in [-0.2, 0) is 0 Å². The maximum Gasteiger partial charge on any atom is 0.196 e. The number of benzene rings is 3. The molecule has 6 rings (SSSR count). The van der Waals surface area contributed by atoms with E-state index in [4.69, 9.17) is 14.7 Å². The molecule has 5 nitrogen and oxygen atoms in total. The summed E-state index contributed by atoms with van der Waals surface area (Å²) in [6.45, 7) is 4.20. The Morgan fingerprint density at radius 3 is 2.25 bits per heavy atom. The number of nitrogens with zero attached hydrogens (tertiary/aromatic N) is 4. The lowest BCUT2D eigenvalue weighted by Crippen LogP contribution is -2.33. The Kier molecular flexibility index (Phi) is 5.66. The molecule has 0 spiro atoms. The average Bonchev–Trinajstić information content (AvgIpc) is 3.29. The van der Waals surface area contributed by atoms with Crippen LogP contribution >= 0.6 is 11.3 Å². The van der Waals surface area contributed by atoms with Crippen molar-refractivity contribution in [3.63, 3.8) is 0 Å². The molecule has 0 bridgehead atoms. The van der Waals surface area contributed by atoms with Crippen LogP contribution in [0.3, 0.4) is 0 Å². The smallest absolute Gasteiger partial charge is 0.196 e. The van der Waals surface area contributed by atoms with Gasteiger partial charge in [0.15, 0.2) is 4.80 Å². The fourth-order valence-corrected chi connectivity index (χ4v) is 5.66. The molecule has 0 aliphatic carbocycles. The summed E-state index contributed by atoms with van der Waals surface area (Å²) in [7, 11) is 1.69. The monoisotopic (exact) mass is 490 g/mol. The fraction of sp³-hybridized carbons (Fsp3) is 0.133. The zero-order chi connectivity index (χ0) is 24.6. The first-order chi connectivity index (χ1) is 17.6. The topological polar surface area (TPSA) is 42.1 Å². The van der Waals surface area contributed by atoms with Crippen LogP contribution in [0, 0.1) is 13.8 Å². The molecule has 1 aromatic heterocycles. The maximum absolute atomic E-state index is 5.40. The lowest BCUT2D eigenvalue weighted by atomic mass is 10.0. The van der Waals surface area contributed by atoms with Crippen molar-refractivity contribution in [1.29, 1.82) is 0 Å². The van der Waals surface area contributed by atoms with Crippen LogP contribution in [-0.4, -0.2) is 17.5 Å². The minimum Gasteiger partial charge on any atom is -0.497 e. The molecule has 2 aliphatic heterocycles. The largest absolute Gasteiger partial charge is 0.497 e. The molecule has 3 heterocycles. The Hall–Kier alpha value is -4.16. The summed E-state index contributed by atoms with van der Waals surface area (Å²) in [6, 6.07) is 25.0. The first kappa shape index (κ1) is 22.3. The third-order valence-corrected chi connectivity index (χ3v) is 7.47. The van der Waals surface area contributed by atoms with Gasteiger partial charge in [-0.25, -0.2) is 4.99 Å². The van der Waals surface area contributed by atoms with Gasteiger partial charge in [0.1, 0.15) is 23.4 Å². The summed E-state index contributed by atoms with van der Waals surface area (Å²) < 4.78 is 7.65. The first-order valence-electron chi connectivity index (χ1n) is 11.9. The van der Waals surface area contributed by atoms with Gasteiger partial charge >= 0.3 is 0 Å². The van der Waals surface area contributed by atoms with Gasteiger partial charge in [0, 0.05) is 11.9 Å². The van der Waals surface area contributed by atoms with E-state index in [9.17, 15) is 0 Å². The second kappa shape index (κ2) is 9.13. The Balaban J connectivity index is 1.62. The number of fused-ring (bicyclic) bond motifs is 3. The normalized spacial score (nSPS) is 16.5. The van der Waals surface area contributed by atoms with Crippen molar-refractivity contribution in [2.75, 3.05) is 12.0 Å². The first-order valence-corrected chi connectivity index (χ1v) is 12.7. The minimum atomic E-state index is -0.142. The van der Waals surface area contributed by atoms with Gasteiger partial charge < -0.3 is 4.74 Å². The van der Waals surface area contributed by atoms with Crippen molar-refractivity contribution in [2.45, 2.75) is 19.9 Å². The molecule has 1 unspecified atom stereocenters. The van der Waals surface area contributed by atoms with E-state index < -0.39 is 0 Å². The predicted molar refractivity (Wildman–Crippen MR) is 148 cm³/mol. The van der Waals surface area contributed by atoms with Crippen LogP contribution in [0.25, 0.3) is 5.69 Å². The van der Waals surface area contributed by atoms with E-state index in [0.717, 1.165) is 44.0 Å². The molecular weight excluding hydrogens is 464 g/mol. The number of anilines is 1. The molecule has 0 saturated heterocycles. The zero-order valence-corrected chi connectivity index (χ0v) is 21.2. The van der Waals surface area contributed by atoms with Crippen molar-refractivity contribution < 1.29 is 4.74 Å². The molecule has 0 N–H and O–H groups in total. The number of amidine groups is 1. The van der Waals surface area contributed by atoms with Gasteiger partial charge in [-0.15, -0.1) is 0 Å². The molecule has 4 aromatic rings. The quantitative estimate of drug-likeness (QED) is 0.316. The van der Waals surface area contributed by atoms with Crippen molar-refractivity contribution in [3.05, 3.63) is 124 Å². The Morgan fingerprint density at radius 2 is 1.56 bits per heavy atom. The van der Waals surface area contributed by atoms with Crippen molar-refractivity contribution in [2.24, 2.45) is 9.98 Å². The number of hydrogen-bond donors (Lipinski definition) is 0. The fourth-order valence-electron chi connectivity index (χ4n) is 4.45. The number of methoxy groups -OCH3 is 1. The van der Waals surface area contributed by atoms with Crippen LogP contribution < -0.4 is 14.4 Å². The van der Waals surface area contributed by atoms with Gasteiger partial charge in [-0.1, -0.05) is 64.9 Å². The molecule has 1 atom stereocenters. The number of aromatic nitrogens is 1. The summed E-state index contributed by atoms with van der Waals surface area (Å²) in [6.07, 6.45) is 8.22. The third kappa shape index (κ3) is 3.99. The Labute approximate surface area is 214 Å². The zero-order valence-electron chi connectivity index (χ0n) is 20.4. The maximum atomic E-state index is 5.40. The highest BCUT2D eigenvalue weighted by Gasteiger charge is 2.33. The van der Waals surface area contributed by atoms with Crippen molar-refractivity contribution in [1.82, 2.24) is 4.57 Å². The molecule has 0 fully saturated rings. The van der Waals surface area contributed by atoms with E-state index in [1.54, 1.807) is 18.4 Å². The molecule has 2 aliphatic rings. The van der Waals surface area contributed by atoms with E-state index in [2.05, 4.69) is 96.3 Å². The molecule has 0 amide bonds. The predicted octanol–water partition coefficient (Wildman–Crippen LogP) is 6.79. The second-order valence-corrected chi connectivity index (χ2v) is 9.93. The molecule has 0 saturated carbocycles. The number of allylic oxidation sites excluding steroid dienone is 2.